The van der Waals surface area contributed by atoms with Crippen molar-refractivity contribution in [2.75, 3.05) is 68.8 Å². The first kappa shape index (κ1) is 23.2. The predicted octanol–water partition coefficient (Wildman–Crippen LogP) is 1.58. The first-order chi connectivity index (χ1) is 15.0. The van der Waals surface area contributed by atoms with Crippen molar-refractivity contribution in [3.63, 3.8) is 0 Å². The molecule has 1 saturated heterocycles. The molecule has 10 nitrogen and oxygen atoms in total. The number of aromatic nitrogens is 2. The minimum Gasteiger partial charge on any atom is -0.393 e. The number of hydrogen-bond donors (Lipinski definition) is 3. The van der Waals surface area contributed by atoms with E-state index in [2.05, 4.69) is 25.5 Å². The number of nitrogens with two attached hydrogens (primary N) is 1. The van der Waals surface area contributed by atoms with E-state index >= 15 is 0 Å². The summed E-state index contributed by atoms with van der Waals surface area (Å²) in [6.07, 6.45) is 1.44. The fourth-order valence-electron chi connectivity index (χ4n) is 3.35. The van der Waals surface area contributed by atoms with Crippen LogP contribution in [0.2, 0.25) is 0 Å². The Morgan fingerprint density at radius 3 is 2.39 bits per heavy atom. The largest absolute Gasteiger partial charge is 0.393 e. The molecule has 1 aliphatic rings. The van der Waals surface area contributed by atoms with Gasteiger partial charge in [0.05, 0.1) is 18.1 Å². The molecule has 1 aromatic carbocycles. The van der Waals surface area contributed by atoms with Gasteiger partial charge in [0.25, 0.3) is 0 Å². The average Bonchev–Trinajstić information content (AvgIpc) is 2.78. The van der Waals surface area contributed by atoms with E-state index in [0.717, 1.165) is 32.8 Å². The molecule has 170 valence electrons. The van der Waals surface area contributed by atoms with Gasteiger partial charge < -0.3 is 21.1 Å². The number of hydrogen-bond acceptors (Lipinski definition) is 9. The molecule has 0 aliphatic carbocycles. The van der Waals surface area contributed by atoms with E-state index in [4.69, 9.17) is 10.5 Å². The van der Waals surface area contributed by atoms with Crippen molar-refractivity contribution in [1.29, 1.82) is 0 Å². The van der Waals surface area contributed by atoms with Crippen molar-refractivity contribution >= 4 is 33.0 Å². The predicted molar refractivity (Wildman–Crippen MR) is 122 cm³/mol. The average molecular weight is 450 g/mol. The van der Waals surface area contributed by atoms with Crippen molar-refractivity contribution in [2.24, 2.45) is 0 Å². The lowest BCUT2D eigenvalue weighted by molar-refractivity contribution is 0.0398. The van der Waals surface area contributed by atoms with E-state index in [1.165, 1.54) is 10.6 Å². The molecule has 2 heterocycles. The Balaban J connectivity index is 1.64. The van der Waals surface area contributed by atoms with Gasteiger partial charge in [-0.05, 0) is 24.3 Å². The maximum Gasteiger partial charge on any atom is 0.243 e. The standard InChI is InChI=1S/C20H31N7O3S/c1-3-27(4-2)31(28,29)17-7-5-16(6-8-17)25-20-18(21)19(23-15-24-20)22-9-10-26-11-13-30-14-12-26/h5-8,15H,3-4,9-14,21H2,1-2H3,(H2,22,23,24,25). The number of ether oxygens (including phenoxy) is 1. The molecular formula is C20H31N7O3S. The summed E-state index contributed by atoms with van der Waals surface area (Å²) in [6.45, 7) is 9.45. The van der Waals surface area contributed by atoms with E-state index in [1.54, 1.807) is 24.3 Å². The van der Waals surface area contributed by atoms with Crippen LogP contribution in [0.15, 0.2) is 35.5 Å². The van der Waals surface area contributed by atoms with E-state index in [-0.39, 0.29) is 4.90 Å². The molecular weight excluding hydrogens is 418 g/mol. The van der Waals surface area contributed by atoms with Crippen molar-refractivity contribution in [3.05, 3.63) is 30.6 Å². The van der Waals surface area contributed by atoms with Gasteiger partial charge in [0, 0.05) is 45.0 Å². The number of anilines is 4. The Labute approximate surface area is 183 Å². The summed E-state index contributed by atoms with van der Waals surface area (Å²) >= 11 is 0. The highest BCUT2D eigenvalue weighted by Crippen LogP contribution is 2.26. The summed E-state index contributed by atoms with van der Waals surface area (Å²) in [7, 11) is -3.49. The van der Waals surface area contributed by atoms with Crippen molar-refractivity contribution in [1.82, 2.24) is 19.2 Å². The van der Waals surface area contributed by atoms with Crippen LogP contribution in [0.25, 0.3) is 0 Å². The molecule has 1 aromatic heterocycles. The van der Waals surface area contributed by atoms with Crippen LogP contribution in [-0.4, -0.2) is 80.1 Å². The molecule has 1 aliphatic heterocycles. The van der Waals surface area contributed by atoms with Crippen LogP contribution in [0, 0.1) is 0 Å². The Kier molecular flexibility index (Phi) is 8.02. The lowest BCUT2D eigenvalue weighted by atomic mass is 10.3. The van der Waals surface area contributed by atoms with Gasteiger partial charge in [0.15, 0.2) is 11.6 Å². The summed E-state index contributed by atoms with van der Waals surface area (Å²) in [6, 6.07) is 6.55. The van der Waals surface area contributed by atoms with Crippen LogP contribution in [0.4, 0.5) is 23.0 Å². The molecule has 4 N–H and O–H groups in total. The molecule has 0 atom stereocenters. The third kappa shape index (κ3) is 5.82. The van der Waals surface area contributed by atoms with E-state index < -0.39 is 10.0 Å². The second kappa shape index (κ2) is 10.7. The summed E-state index contributed by atoms with van der Waals surface area (Å²) < 4.78 is 32.0. The summed E-state index contributed by atoms with van der Waals surface area (Å²) in [5.41, 5.74) is 7.33. The molecule has 0 amide bonds. The molecule has 1 fully saturated rings. The smallest absolute Gasteiger partial charge is 0.243 e. The first-order valence-electron chi connectivity index (χ1n) is 10.5. The highest BCUT2D eigenvalue weighted by Gasteiger charge is 2.21. The second-order valence-corrected chi connectivity index (χ2v) is 9.04. The maximum atomic E-state index is 12.6. The van der Waals surface area contributed by atoms with Gasteiger partial charge >= 0.3 is 0 Å². The number of rotatable bonds is 10. The minimum atomic E-state index is -3.49. The Bertz CT molecular complexity index is 944. The molecule has 0 unspecified atom stereocenters. The van der Waals surface area contributed by atoms with E-state index in [1.807, 2.05) is 13.8 Å². The zero-order valence-corrected chi connectivity index (χ0v) is 18.9. The molecule has 0 radical (unpaired) electrons. The second-order valence-electron chi connectivity index (χ2n) is 7.10. The Morgan fingerprint density at radius 2 is 1.74 bits per heavy atom. The van der Waals surface area contributed by atoms with E-state index in [0.29, 0.717) is 42.6 Å². The van der Waals surface area contributed by atoms with Crippen molar-refractivity contribution in [3.8, 4) is 0 Å². The highest BCUT2D eigenvalue weighted by atomic mass is 32.2. The number of nitrogens with zero attached hydrogens (tertiary/aromatic N) is 4. The van der Waals surface area contributed by atoms with Gasteiger partial charge in [-0.15, -0.1) is 0 Å². The van der Waals surface area contributed by atoms with Gasteiger partial charge in [-0.2, -0.15) is 4.31 Å². The van der Waals surface area contributed by atoms with Crippen LogP contribution in [0.1, 0.15) is 13.8 Å². The van der Waals surface area contributed by atoms with Gasteiger partial charge in [-0.25, -0.2) is 18.4 Å². The molecule has 3 rings (SSSR count). The number of sulfonamides is 1. The lowest BCUT2D eigenvalue weighted by Crippen LogP contribution is -2.39. The molecule has 0 spiro atoms. The first-order valence-corrected chi connectivity index (χ1v) is 11.9. The Hall–Kier alpha value is -2.47. The summed E-state index contributed by atoms with van der Waals surface area (Å²) in [5, 5.41) is 6.39. The SMILES string of the molecule is CCN(CC)S(=O)(=O)c1ccc(Nc2ncnc(NCCN3CCOCC3)c2N)cc1. The minimum absolute atomic E-state index is 0.253. The molecule has 11 heteroatoms. The maximum absolute atomic E-state index is 12.6. The van der Waals surface area contributed by atoms with Gasteiger partial charge in [0.1, 0.15) is 12.0 Å². The topological polar surface area (TPSA) is 126 Å². The summed E-state index contributed by atoms with van der Waals surface area (Å²) in [5.74, 6) is 1.02. The number of nitrogens with one attached hydrogen (secondary N) is 2. The van der Waals surface area contributed by atoms with E-state index in [9.17, 15) is 8.42 Å². The highest BCUT2D eigenvalue weighted by molar-refractivity contribution is 7.89. The molecule has 0 saturated carbocycles. The third-order valence-corrected chi connectivity index (χ3v) is 7.23. The van der Waals surface area contributed by atoms with Crippen LogP contribution >= 0.6 is 0 Å². The van der Waals surface area contributed by atoms with Gasteiger partial charge in [-0.3, -0.25) is 4.90 Å². The lowest BCUT2D eigenvalue weighted by Gasteiger charge is -2.26. The van der Waals surface area contributed by atoms with Gasteiger partial charge in [0.2, 0.25) is 10.0 Å². The third-order valence-electron chi connectivity index (χ3n) is 5.17. The van der Waals surface area contributed by atoms with Crippen molar-refractivity contribution in [2.45, 2.75) is 18.7 Å². The van der Waals surface area contributed by atoms with Crippen LogP contribution in [0.5, 0.6) is 0 Å². The fourth-order valence-corrected chi connectivity index (χ4v) is 4.81. The zero-order valence-electron chi connectivity index (χ0n) is 18.0. The molecule has 31 heavy (non-hydrogen) atoms. The monoisotopic (exact) mass is 449 g/mol. The number of nitrogen functional groups attached to an aromatic ring is 1. The molecule has 2 aromatic rings. The Morgan fingerprint density at radius 1 is 1.10 bits per heavy atom. The molecule has 0 bridgehead atoms. The quantitative estimate of drug-likeness (QED) is 0.495. The summed E-state index contributed by atoms with van der Waals surface area (Å²) in [4.78, 5) is 11.0. The normalized spacial score (nSPS) is 15.2. The zero-order chi connectivity index (χ0) is 22.3. The van der Waals surface area contributed by atoms with Gasteiger partial charge in [-0.1, -0.05) is 13.8 Å². The van der Waals surface area contributed by atoms with Crippen molar-refractivity contribution < 1.29 is 13.2 Å². The van der Waals surface area contributed by atoms with Crippen LogP contribution < -0.4 is 16.4 Å². The van der Waals surface area contributed by atoms with Crippen LogP contribution in [0.3, 0.4) is 0 Å². The number of morpholine rings is 1. The van der Waals surface area contributed by atoms with Crippen LogP contribution in [-0.2, 0) is 14.8 Å². The number of benzene rings is 1. The fraction of sp³-hybridized carbons (Fsp3) is 0.500.